The Morgan fingerprint density at radius 3 is 1.27 bits per heavy atom. The molecule has 2 N–H and O–H groups in total. The van der Waals surface area contributed by atoms with Crippen molar-refractivity contribution >= 4 is 0 Å². The largest absolute Gasteiger partial charge is 0.394 e. The molecule has 26 heavy (non-hydrogen) atoms. The molecule has 6 heteroatoms. The average molecular weight is 362 g/mol. The van der Waals surface area contributed by atoms with Gasteiger partial charge in [0.2, 0.25) is 0 Å². The maximum Gasteiger partial charge on any atom is 0.184 e. The highest BCUT2D eigenvalue weighted by Crippen LogP contribution is 2.25. The second kappa shape index (κ2) is 11.0. The quantitative estimate of drug-likeness (QED) is 0.598. The van der Waals surface area contributed by atoms with Crippen molar-refractivity contribution in [1.29, 1.82) is 0 Å². The molecular weight excluding hydrogens is 336 g/mol. The summed E-state index contributed by atoms with van der Waals surface area (Å²) < 4.78 is 22.5. The Labute approximate surface area is 153 Å². The van der Waals surface area contributed by atoms with Gasteiger partial charge in [-0.25, -0.2) is 0 Å². The second-order valence-corrected chi connectivity index (χ2v) is 5.67. The predicted octanol–water partition coefficient (Wildman–Crippen LogP) is 2.43. The molecule has 2 unspecified atom stereocenters. The summed E-state index contributed by atoms with van der Waals surface area (Å²) in [4.78, 5) is 0. The molecule has 2 aromatic rings. The Morgan fingerprint density at radius 1 is 0.654 bits per heavy atom. The molecule has 0 saturated carbocycles. The van der Waals surface area contributed by atoms with Crippen molar-refractivity contribution in [3.05, 3.63) is 71.8 Å². The minimum atomic E-state index is -0.800. The van der Waals surface area contributed by atoms with Crippen LogP contribution in [0.2, 0.25) is 0 Å². The molecule has 0 aromatic heterocycles. The lowest BCUT2D eigenvalue weighted by molar-refractivity contribution is -0.242. The van der Waals surface area contributed by atoms with E-state index in [0.717, 1.165) is 11.1 Å². The molecule has 0 aliphatic heterocycles. The zero-order valence-corrected chi connectivity index (χ0v) is 15.0. The zero-order valence-electron chi connectivity index (χ0n) is 15.0. The number of rotatable bonds is 11. The summed E-state index contributed by atoms with van der Waals surface area (Å²) in [7, 11) is 3.03. The number of benzene rings is 2. The summed E-state index contributed by atoms with van der Waals surface area (Å²) in [6.07, 6.45) is -2.98. The second-order valence-electron chi connectivity index (χ2n) is 5.67. The van der Waals surface area contributed by atoms with Gasteiger partial charge in [-0.15, -0.1) is 0 Å². The van der Waals surface area contributed by atoms with Crippen LogP contribution in [0.4, 0.5) is 0 Å². The number of ether oxygens (including phenoxy) is 4. The monoisotopic (exact) mass is 362 g/mol. The van der Waals surface area contributed by atoms with Gasteiger partial charge in [0, 0.05) is 25.3 Å². The average Bonchev–Trinajstić information content (AvgIpc) is 2.72. The van der Waals surface area contributed by atoms with Gasteiger partial charge in [0.05, 0.1) is 13.2 Å². The van der Waals surface area contributed by atoms with E-state index in [1.165, 1.54) is 14.2 Å². The van der Waals surface area contributed by atoms with Crippen LogP contribution in [0.1, 0.15) is 23.7 Å². The maximum absolute atomic E-state index is 9.76. The standard InChI is InChI=1S/C20H26O6/c1-23-19(15-9-5-3-6-10-15)25-17(13-21)18(14-22)26-20(24-2)16-11-7-4-8-12-16/h3-12,17-22H,13-14H2,1-2H3/t17?,18?,19-,20-/m1/s1. The Hall–Kier alpha value is -1.80. The minimum absolute atomic E-state index is 0.344. The van der Waals surface area contributed by atoms with Crippen molar-refractivity contribution < 1.29 is 29.2 Å². The molecule has 0 aliphatic rings. The van der Waals surface area contributed by atoms with Gasteiger partial charge < -0.3 is 29.2 Å². The van der Waals surface area contributed by atoms with Crippen molar-refractivity contribution in [1.82, 2.24) is 0 Å². The fourth-order valence-corrected chi connectivity index (χ4v) is 2.57. The summed E-state index contributed by atoms with van der Waals surface area (Å²) in [5, 5.41) is 19.5. The lowest BCUT2D eigenvalue weighted by Gasteiger charge is -2.30. The van der Waals surface area contributed by atoms with Gasteiger partial charge in [-0.1, -0.05) is 60.7 Å². The van der Waals surface area contributed by atoms with Crippen LogP contribution in [0.3, 0.4) is 0 Å². The van der Waals surface area contributed by atoms with Crippen molar-refractivity contribution in [2.75, 3.05) is 27.4 Å². The third-order valence-electron chi connectivity index (χ3n) is 3.94. The Bertz CT molecular complexity index is 551. The van der Waals surface area contributed by atoms with E-state index in [1.807, 2.05) is 60.7 Å². The molecule has 0 fully saturated rings. The molecular formula is C20H26O6. The molecule has 0 radical (unpaired) electrons. The van der Waals surface area contributed by atoms with Gasteiger partial charge in [-0.05, 0) is 0 Å². The molecule has 4 atom stereocenters. The highest BCUT2D eigenvalue weighted by molar-refractivity contribution is 5.17. The summed E-state index contributed by atoms with van der Waals surface area (Å²) in [6, 6.07) is 18.7. The van der Waals surface area contributed by atoms with Gasteiger partial charge in [-0.2, -0.15) is 0 Å². The molecule has 0 heterocycles. The van der Waals surface area contributed by atoms with Crippen molar-refractivity contribution in [3.63, 3.8) is 0 Å². The first kappa shape index (κ1) is 20.5. The smallest absolute Gasteiger partial charge is 0.184 e. The lowest BCUT2D eigenvalue weighted by Crippen LogP contribution is -2.39. The first-order valence-electron chi connectivity index (χ1n) is 8.41. The summed E-state index contributed by atoms with van der Waals surface area (Å²) in [5.41, 5.74) is 1.60. The molecule has 2 rings (SSSR count). The van der Waals surface area contributed by atoms with Gasteiger partial charge in [0.15, 0.2) is 12.6 Å². The molecule has 0 spiro atoms. The molecule has 2 aromatic carbocycles. The third-order valence-corrected chi connectivity index (χ3v) is 3.94. The number of aliphatic hydroxyl groups excluding tert-OH is 2. The Kier molecular flexibility index (Phi) is 8.70. The van der Waals surface area contributed by atoms with E-state index in [2.05, 4.69) is 0 Å². The number of hydrogen-bond acceptors (Lipinski definition) is 6. The molecule has 0 saturated heterocycles. The fourth-order valence-electron chi connectivity index (χ4n) is 2.57. The van der Waals surface area contributed by atoms with Crippen LogP contribution in [0.25, 0.3) is 0 Å². The van der Waals surface area contributed by atoms with Gasteiger partial charge in [-0.3, -0.25) is 0 Å². The minimum Gasteiger partial charge on any atom is -0.394 e. The topological polar surface area (TPSA) is 77.4 Å². The zero-order chi connectivity index (χ0) is 18.8. The SMILES string of the molecule is CO[C@H](OC(CO)C(CO)O[C@@H](OC)c1ccccc1)c1ccccc1. The van der Waals surface area contributed by atoms with Crippen LogP contribution in [0.15, 0.2) is 60.7 Å². The molecule has 0 bridgehead atoms. The third kappa shape index (κ3) is 5.60. The summed E-state index contributed by atoms with van der Waals surface area (Å²) >= 11 is 0. The highest BCUT2D eigenvalue weighted by atomic mass is 16.7. The van der Waals surface area contributed by atoms with E-state index in [9.17, 15) is 10.2 Å². The van der Waals surface area contributed by atoms with Crippen LogP contribution in [-0.4, -0.2) is 49.9 Å². The van der Waals surface area contributed by atoms with Gasteiger partial charge >= 0.3 is 0 Å². The summed E-state index contributed by atoms with van der Waals surface area (Å²) in [5.74, 6) is 0. The van der Waals surface area contributed by atoms with E-state index in [4.69, 9.17) is 18.9 Å². The Morgan fingerprint density at radius 2 is 1.00 bits per heavy atom. The van der Waals surface area contributed by atoms with Crippen molar-refractivity contribution in [2.45, 2.75) is 24.8 Å². The molecule has 0 amide bonds. The predicted molar refractivity (Wildman–Crippen MR) is 96.3 cm³/mol. The Balaban J connectivity index is 2.09. The maximum atomic E-state index is 9.76. The number of hydrogen-bond donors (Lipinski definition) is 2. The van der Waals surface area contributed by atoms with E-state index < -0.39 is 24.8 Å². The van der Waals surface area contributed by atoms with Crippen LogP contribution in [-0.2, 0) is 18.9 Å². The van der Waals surface area contributed by atoms with E-state index in [0.29, 0.717) is 0 Å². The van der Waals surface area contributed by atoms with Crippen molar-refractivity contribution in [2.24, 2.45) is 0 Å². The van der Waals surface area contributed by atoms with Crippen LogP contribution < -0.4 is 0 Å². The summed E-state index contributed by atoms with van der Waals surface area (Å²) in [6.45, 7) is -0.688. The first-order valence-corrected chi connectivity index (χ1v) is 8.41. The van der Waals surface area contributed by atoms with E-state index >= 15 is 0 Å². The number of methoxy groups -OCH3 is 2. The lowest BCUT2D eigenvalue weighted by atomic mass is 10.1. The number of aliphatic hydroxyl groups is 2. The van der Waals surface area contributed by atoms with Crippen molar-refractivity contribution in [3.8, 4) is 0 Å². The fraction of sp³-hybridized carbons (Fsp3) is 0.400. The highest BCUT2D eigenvalue weighted by Gasteiger charge is 2.29. The molecule has 6 nitrogen and oxygen atoms in total. The normalized spacial score (nSPS) is 16.0. The molecule has 142 valence electrons. The van der Waals surface area contributed by atoms with E-state index in [-0.39, 0.29) is 13.2 Å². The molecule has 0 aliphatic carbocycles. The van der Waals surface area contributed by atoms with Gasteiger partial charge in [0.1, 0.15) is 12.2 Å². The van der Waals surface area contributed by atoms with E-state index in [1.54, 1.807) is 0 Å². The van der Waals surface area contributed by atoms with Crippen LogP contribution >= 0.6 is 0 Å². The van der Waals surface area contributed by atoms with Crippen LogP contribution in [0, 0.1) is 0 Å². The van der Waals surface area contributed by atoms with Gasteiger partial charge in [0.25, 0.3) is 0 Å². The first-order chi connectivity index (χ1) is 12.7. The van der Waals surface area contributed by atoms with Crippen LogP contribution in [0.5, 0.6) is 0 Å².